The molecule has 0 aliphatic carbocycles. The standard InChI is InChI=1S/C20H14N2O/c23-20(19-12-10-15-6-3-4-8-18(15)22-19)21-17-11-9-14-5-1-2-7-16(14)13-17/h1-13H,(H,21,23). The Balaban J connectivity index is 1.64. The molecule has 0 radical (unpaired) electrons. The van der Waals surface area contributed by atoms with Crippen molar-refractivity contribution in [1.29, 1.82) is 0 Å². The van der Waals surface area contributed by atoms with Crippen LogP contribution in [0.1, 0.15) is 10.5 Å². The molecule has 3 aromatic carbocycles. The van der Waals surface area contributed by atoms with Crippen LogP contribution in [0.25, 0.3) is 21.7 Å². The number of aromatic nitrogens is 1. The Morgan fingerprint density at radius 2 is 1.43 bits per heavy atom. The normalized spacial score (nSPS) is 10.8. The number of benzene rings is 3. The van der Waals surface area contributed by atoms with Gasteiger partial charge in [0.05, 0.1) is 5.52 Å². The lowest BCUT2D eigenvalue weighted by Crippen LogP contribution is -2.13. The van der Waals surface area contributed by atoms with Crippen LogP contribution in [-0.4, -0.2) is 10.9 Å². The number of anilines is 1. The zero-order valence-corrected chi connectivity index (χ0v) is 12.4. The van der Waals surface area contributed by atoms with Crippen molar-refractivity contribution in [1.82, 2.24) is 4.98 Å². The Morgan fingerprint density at radius 1 is 0.739 bits per heavy atom. The summed E-state index contributed by atoms with van der Waals surface area (Å²) < 4.78 is 0. The van der Waals surface area contributed by atoms with Crippen LogP contribution in [0, 0.1) is 0 Å². The smallest absolute Gasteiger partial charge is 0.274 e. The molecule has 0 atom stereocenters. The van der Waals surface area contributed by atoms with Crippen molar-refractivity contribution >= 4 is 33.3 Å². The largest absolute Gasteiger partial charge is 0.321 e. The fourth-order valence-electron chi connectivity index (χ4n) is 2.65. The van der Waals surface area contributed by atoms with Crippen molar-refractivity contribution in [3.8, 4) is 0 Å². The Morgan fingerprint density at radius 3 is 2.30 bits per heavy atom. The molecule has 0 bridgehead atoms. The molecule has 1 amide bonds. The maximum Gasteiger partial charge on any atom is 0.274 e. The molecule has 0 aliphatic rings. The van der Waals surface area contributed by atoms with Crippen molar-refractivity contribution in [3.05, 3.63) is 84.6 Å². The van der Waals surface area contributed by atoms with Gasteiger partial charge < -0.3 is 5.32 Å². The number of nitrogens with one attached hydrogen (secondary N) is 1. The summed E-state index contributed by atoms with van der Waals surface area (Å²) in [4.78, 5) is 16.8. The third-order valence-electron chi connectivity index (χ3n) is 3.84. The number of hydrogen-bond donors (Lipinski definition) is 1. The number of pyridine rings is 1. The summed E-state index contributed by atoms with van der Waals surface area (Å²) in [6.07, 6.45) is 0. The molecule has 4 rings (SSSR count). The highest BCUT2D eigenvalue weighted by molar-refractivity contribution is 6.05. The van der Waals surface area contributed by atoms with Gasteiger partial charge in [0.1, 0.15) is 5.69 Å². The maximum absolute atomic E-state index is 12.4. The van der Waals surface area contributed by atoms with Gasteiger partial charge in [-0.1, -0.05) is 54.6 Å². The van der Waals surface area contributed by atoms with Crippen molar-refractivity contribution < 1.29 is 4.79 Å². The first-order valence-corrected chi connectivity index (χ1v) is 7.45. The molecule has 3 nitrogen and oxygen atoms in total. The molecule has 0 spiro atoms. The van der Waals surface area contributed by atoms with Gasteiger partial charge >= 0.3 is 0 Å². The Labute approximate surface area is 133 Å². The van der Waals surface area contributed by atoms with Crippen molar-refractivity contribution in [2.75, 3.05) is 5.32 Å². The molecule has 3 heteroatoms. The quantitative estimate of drug-likeness (QED) is 0.585. The highest BCUT2D eigenvalue weighted by Crippen LogP contribution is 2.19. The van der Waals surface area contributed by atoms with Crippen LogP contribution in [0.15, 0.2) is 78.9 Å². The number of carbonyl (C=O) groups is 1. The molecule has 110 valence electrons. The van der Waals surface area contributed by atoms with Crippen LogP contribution in [0.2, 0.25) is 0 Å². The molecule has 0 saturated heterocycles. The van der Waals surface area contributed by atoms with Crippen LogP contribution in [0.3, 0.4) is 0 Å². The molecular formula is C20H14N2O. The van der Waals surface area contributed by atoms with Gasteiger partial charge in [0.15, 0.2) is 0 Å². The molecule has 1 aromatic heterocycles. The predicted molar refractivity (Wildman–Crippen MR) is 93.6 cm³/mol. The van der Waals surface area contributed by atoms with Gasteiger partial charge in [-0.3, -0.25) is 4.79 Å². The van der Waals surface area contributed by atoms with E-state index in [2.05, 4.69) is 10.3 Å². The van der Waals surface area contributed by atoms with E-state index in [4.69, 9.17) is 0 Å². The fourth-order valence-corrected chi connectivity index (χ4v) is 2.65. The molecule has 0 aliphatic heterocycles. The minimum absolute atomic E-state index is 0.203. The summed E-state index contributed by atoms with van der Waals surface area (Å²) in [5.41, 5.74) is 2.00. The average molecular weight is 298 g/mol. The van der Waals surface area contributed by atoms with Gasteiger partial charge in [0.25, 0.3) is 5.91 Å². The summed E-state index contributed by atoms with van der Waals surface area (Å²) in [5, 5.41) is 6.18. The first-order chi connectivity index (χ1) is 11.3. The molecule has 0 unspecified atom stereocenters. The Bertz CT molecular complexity index is 1020. The number of amides is 1. The minimum Gasteiger partial charge on any atom is -0.321 e. The second-order valence-electron chi connectivity index (χ2n) is 5.41. The highest BCUT2D eigenvalue weighted by Gasteiger charge is 2.08. The van der Waals surface area contributed by atoms with E-state index in [9.17, 15) is 4.79 Å². The lowest BCUT2D eigenvalue weighted by Gasteiger charge is -2.07. The third-order valence-corrected chi connectivity index (χ3v) is 3.84. The maximum atomic E-state index is 12.4. The Hall–Kier alpha value is -3.20. The summed E-state index contributed by atoms with van der Waals surface area (Å²) in [6.45, 7) is 0. The van der Waals surface area contributed by atoms with Crippen LogP contribution in [0.5, 0.6) is 0 Å². The Kier molecular flexibility index (Phi) is 3.24. The first kappa shape index (κ1) is 13.5. The number of carbonyl (C=O) groups excluding carboxylic acids is 1. The van der Waals surface area contributed by atoms with E-state index in [1.54, 1.807) is 6.07 Å². The van der Waals surface area contributed by atoms with Crippen LogP contribution in [0.4, 0.5) is 5.69 Å². The van der Waals surface area contributed by atoms with E-state index in [0.29, 0.717) is 5.69 Å². The van der Waals surface area contributed by atoms with E-state index < -0.39 is 0 Å². The molecular weight excluding hydrogens is 284 g/mol. The topological polar surface area (TPSA) is 42.0 Å². The lowest BCUT2D eigenvalue weighted by atomic mass is 10.1. The number of rotatable bonds is 2. The van der Waals surface area contributed by atoms with Crippen LogP contribution in [-0.2, 0) is 0 Å². The molecule has 1 N–H and O–H groups in total. The molecule has 0 fully saturated rings. The average Bonchev–Trinajstić information content (AvgIpc) is 2.61. The number of fused-ring (bicyclic) bond motifs is 2. The fraction of sp³-hybridized carbons (Fsp3) is 0. The van der Waals surface area contributed by atoms with Gasteiger partial charge in [-0.2, -0.15) is 0 Å². The molecule has 0 saturated carbocycles. The summed E-state index contributed by atoms with van der Waals surface area (Å²) in [5.74, 6) is -0.203. The summed E-state index contributed by atoms with van der Waals surface area (Å²) in [6, 6.07) is 25.4. The van der Waals surface area contributed by atoms with E-state index in [-0.39, 0.29) is 5.91 Å². The summed E-state index contributed by atoms with van der Waals surface area (Å²) in [7, 11) is 0. The third kappa shape index (κ3) is 2.64. The van der Waals surface area contributed by atoms with Gasteiger partial charge in [-0.25, -0.2) is 4.98 Å². The SMILES string of the molecule is O=C(Nc1ccc2ccccc2c1)c1ccc2ccccc2n1. The number of para-hydroxylation sites is 1. The van der Waals surface area contributed by atoms with Gasteiger partial charge in [-0.15, -0.1) is 0 Å². The zero-order valence-electron chi connectivity index (χ0n) is 12.4. The second-order valence-corrected chi connectivity index (χ2v) is 5.41. The highest BCUT2D eigenvalue weighted by atomic mass is 16.1. The van der Waals surface area contributed by atoms with E-state index in [1.807, 2.05) is 72.8 Å². The molecule has 1 heterocycles. The van der Waals surface area contributed by atoms with E-state index in [0.717, 1.165) is 27.4 Å². The van der Waals surface area contributed by atoms with Crippen molar-refractivity contribution in [3.63, 3.8) is 0 Å². The van der Waals surface area contributed by atoms with Crippen LogP contribution >= 0.6 is 0 Å². The van der Waals surface area contributed by atoms with Gasteiger partial charge in [0, 0.05) is 11.1 Å². The monoisotopic (exact) mass is 298 g/mol. The predicted octanol–water partition coefficient (Wildman–Crippen LogP) is 4.64. The van der Waals surface area contributed by atoms with Crippen molar-refractivity contribution in [2.24, 2.45) is 0 Å². The molecule has 23 heavy (non-hydrogen) atoms. The number of nitrogens with zero attached hydrogens (tertiary/aromatic N) is 1. The zero-order chi connectivity index (χ0) is 15.6. The number of hydrogen-bond acceptors (Lipinski definition) is 2. The second kappa shape index (κ2) is 5.54. The van der Waals surface area contributed by atoms with Gasteiger partial charge in [0.2, 0.25) is 0 Å². The van der Waals surface area contributed by atoms with E-state index in [1.165, 1.54) is 0 Å². The van der Waals surface area contributed by atoms with E-state index >= 15 is 0 Å². The van der Waals surface area contributed by atoms with Crippen LogP contribution < -0.4 is 5.32 Å². The summed E-state index contributed by atoms with van der Waals surface area (Å²) >= 11 is 0. The van der Waals surface area contributed by atoms with Crippen molar-refractivity contribution in [2.45, 2.75) is 0 Å². The lowest BCUT2D eigenvalue weighted by molar-refractivity contribution is 0.102. The van der Waals surface area contributed by atoms with Gasteiger partial charge in [-0.05, 0) is 35.0 Å². The minimum atomic E-state index is -0.203. The first-order valence-electron chi connectivity index (χ1n) is 7.45. The molecule has 4 aromatic rings.